The minimum absolute atomic E-state index is 0.108. The largest absolute Gasteiger partial charge is 0.349 e. The Bertz CT molecular complexity index is 946. The maximum atomic E-state index is 12.3. The first-order valence-corrected chi connectivity index (χ1v) is 9.46. The van der Waals surface area contributed by atoms with Crippen LogP contribution in [0.5, 0.6) is 0 Å². The molecule has 0 fully saturated rings. The Kier molecular flexibility index (Phi) is 6.16. The van der Waals surface area contributed by atoms with Crippen LogP contribution in [-0.4, -0.2) is 28.6 Å². The summed E-state index contributed by atoms with van der Waals surface area (Å²) in [7, 11) is 0. The number of benzene rings is 2. The molecule has 0 aliphatic carbocycles. The highest BCUT2D eigenvalue weighted by Gasteiger charge is 2.18. The van der Waals surface area contributed by atoms with Gasteiger partial charge in [-0.1, -0.05) is 66.3 Å². The predicted molar refractivity (Wildman–Crippen MR) is 107 cm³/mol. The topological polar surface area (TPSA) is 84.0 Å². The number of rotatable bonds is 6. The van der Waals surface area contributed by atoms with Crippen LogP contribution in [0.3, 0.4) is 0 Å². The van der Waals surface area contributed by atoms with E-state index < -0.39 is 5.91 Å². The first kappa shape index (κ1) is 19.0. The molecular formula is C19H17ClN4O2S. The van der Waals surface area contributed by atoms with Gasteiger partial charge in [0.05, 0.1) is 0 Å². The lowest BCUT2D eigenvalue weighted by Crippen LogP contribution is -2.27. The van der Waals surface area contributed by atoms with Crippen LogP contribution in [0.2, 0.25) is 5.02 Å². The SMILES string of the molecule is C[C@@H](CNC(=O)c1nnc(C(=O)Nc2cccc(Cl)c2)s1)c1ccccc1. The average molecular weight is 401 g/mol. The Morgan fingerprint density at radius 3 is 2.44 bits per heavy atom. The molecule has 1 heterocycles. The zero-order valence-corrected chi connectivity index (χ0v) is 16.1. The van der Waals surface area contributed by atoms with Gasteiger partial charge in [-0.05, 0) is 29.7 Å². The summed E-state index contributed by atoms with van der Waals surface area (Å²) in [5.74, 6) is -0.628. The highest BCUT2D eigenvalue weighted by Crippen LogP contribution is 2.18. The van der Waals surface area contributed by atoms with Gasteiger partial charge in [0, 0.05) is 17.3 Å². The van der Waals surface area contributed by atoms with Crippen LogP contribution in [-0.2, 0) is 0 Å². The smallest absolute Gasteiger partial charge is 0.286 e. The zero-order chi connectivity index (χ0) is 19.2. The van der Waals surface area contributed by atoms with E-state index in [1.165, 1.54) is 0 Å². The van der Waals surface area contributed by atoms with E-state index in [2.05, 4.69) is 20.8 Å². The fraction of sp³-hybridized carbons (Fsp3) is 0.158. The molecule has 3 rings (SSSR count). The Hall–Kier alpha value is -2.77. The lowest BCUT2D eigenvalue weighted by molar-refractivity contribution is 0.0949. The zero-order valence-electron chi connectivity index (χ0n) is 14.5. The van der Waals surface area contributed by atoms with Crippen LogP contribution in [0, 0.1) is 0 Å². The fourth-order valence-electron chi connectivity index (χ4n) is 2.38. The molecule has 0 spiro atoms. The van der Waals surface area contributed by atoms with Gasteiger partial charge in [0.15, 0.2) is 0 Å². The van der Waals surface area contributed by atoms with Crippen molar-refractivity contribution in [2.75, 3.05) is 11.9 Å². The van der Waals surface area contributed by atoms with Crippen LogP contribution in [0.25, 0.3) is 0 Å². The summed E-state index contributed by atoms with van der Waals surface area (Å²) in [6.45, 7) is 2.49. The van der Waals surface area contributed by atoms with Gasteiger partial charge in [-0.2, -0.15) is 0 Å². The van der Waals surface area contributed by atoms with Crippen molar-refractivity contribution in [3.8, 4) is 0 Å². The number of carbonyl (C=O) groups is 2. The summed E-state index contributed by atoms with van der Waals surface area (Å²) in [5, 5.41) is 13.9. The Labute approximate surface area is 165 Å². The second-order valence-electron chi connectivity index (χ2n) is 5.90. The van der Waals surface area contributed by atoms with Gasteiger partial charge in [-0.15, -0.1) is 10.2 Å². The van der Waals surface area contributed by atoms with E-state index in [1.807, 2.05) is 37.3 Å². The predicted octanol–water partition coefficient (Wildman–Crippen LogP) is 3.98. The number of hydrogen-bond donors (Lipinski definition) is 2. The molecule has 0 bridgehead atoms. The molecule has 27 heavy (non-hydrogen) atoms. The first-order chi connectivity index (χ1) is 13.0. The lowest BCUT2D eigenvalue weighted by atomic mass is 10.0. The molecule has 6 nitrogen and oxygen atoms in total. The number of nitrogens with zero attached hydrogens (tertiary/aromatic N) is 2. The van der Waals surface area contributed by atoms with E-state index >= 15 is 0 Å². The third-order valence-corrected chi connectivity index (χ3v) is 4.99. The van der Waals surface area contributed by atoms with Crippen molar-refractivity contribution in [2.45, 2.75) is 12.8 Å². The van der Waals surface area contributed by atoms with E-state index in [9.17, 15) is 9.59 Å². The number of anilines is 1. The molecule has 1 aromatic heterocycles. The second kappa shape index (κ2) is 8.75. The monoisotopic (exact) mass is 400 g/mol. The number of amides is 2. The molecule has 1 atom stereocenters. The van der Waals surface area contributed by atoms with Crippen molar-refractivity contribution < 1.29 is 9.59 Å². The molecular weight excluding hydrogens is 384 g/mol. The van der Waals surface area contributed by atoms with E-state index in [0.29, 0.717) is 17.3 Å². The standard InChI is InChI=1S/C19H17ClN4O2S/c1-12(13-6-3-2-4-7-13)11-21-16(25)18-23-24-19(27-18)17(26)22-15-9-5-8-14(20)10-15/h2-10,12H,11H2,1H3,(H,21,25)(H,22,26)/t12-/m0/s1. The summed E-state index contributed by atoms with van der Waals surface area (Å²) in [6, 6.07) is 16.7. The molecule has 8 heteroatoms. The van der Waals surface area contributed by atoms with Crippen LogP contribution < -0.4 is 10.6 Å². The van der Waals surface area contributed by atoms with Gasteiger partial charge in [-0.3, -0.25) is 9.59 Å². The molecule has 0 unspecified atom stereocenters. The van der Waals surface area contributed by atoms with Crippen molar-refractivity contribution >= 4 is 40.4 Å². The molecule has 0 saturated heterocycles. The van der Waals surface area contributed by atoms with Gasteiger partial charge >= 0.3 is 0 Å². The summed E-state index contributed by atoms with van der Waals surface area (Å²) in [5.41, 5.74) is 1.68. The minimum Gasteiger partial charge on any atom is -0.349 e. The van der Waals surface area contributed by atoms with Gasteiger partial charge in [0.2, 0.25) is 10.0 Å². The third-order valence-electron chi connectivity index (χ3n) is 3.83. The number of aromatic nitrogens is 2. The minimum atomic E-state index is -0.438. The maximum absolute atomic E-state index is 12.3. The Morgan fingerprint density at radius 2 is 1.74 bits per heavy atom. The molecule has 2 aromatic carbocycles. The number of nitrogens with one attached hydrogen (secondary N) is 2. The summed E-state index contributed by atoms with van der Waals surface area (Å²) >= 11 is 6.84. The molecule has 0 aliphatic rings. The van der Waals surface area contributed by atoms with Crippen molar-refractivity contribution in [2.24, 2.45) is 0 Å². The van der Waals surface area contributed by atoms with Crippen LogP contribution in [0.1, 0.15) is 38.0 Å². The van der Waals surface area contributed by atoms with Crippen LogP contribution in [0.15, 0.2) is 54.6 Å². The summed E-state index contributed by atoms with van der Waals surface area (Å²) in [6.07, 6.45) is 0. The first-order valence-electron chi connectivity index (χ1n) is 8.26. The molecule has 0 aliphatic heterocycles. The van der Waals surface area contributed by atoms with Crippen molar-refractivity contribution in [1.29, 1.82) is 0 Å². The molecule has 2 N–H and O–H groups in total. The fourth-order valence-corrected chi connectivity index (χ4v) is 3.22. The van der Waals surface area contributed by atoms with Crippen LogP contribution in [0.4, 0.5) is 5.69 Å². The van der Waals surface area contributed by atoms with Crippen molar-refractivity contribution in [3.63, 3.8) is 0 Å². The number of halogens is 1. The van der Waals surface area contributed by atoms with E-state index in [0.717, 1.165) is 16.9 Å². The van der Waals surface area contributed by atoms with E-state index in [4.69, 9.17) is 11.6 Å². The van der Waals surface area contributed by atoms with Crippen molar-refractivity contribution in [1.82, 2.24) is 15.5 Å². The van der Waals surface area contributed by atoms with Crippen molar-refractivity contribution in [3.05, 3.63) is 75.2 Å². The molecule has 0 saturated carbocycles. The van der Waals surface area contributed by atoms with E-state index in [1.54, 1.807) is 24.3 Å². The quantitative estimate of drug-likeness (QED) is 0.655. The maximum Gasteiger partial charge on any atom is 0.286 e. The van der Waals surface area contributed by atoms with Gasteiger partial charge in [-0.25, -0.2) is 0 Å². The third kappa shape index (κ3) is 5.12. The second-order valence-corrected chi connectivity index (χ2v) is 7.31. The van der Waals surface area contributed by atoms with Gasteiger partial charge < -0.3 is 10.6 Å². The highest BCUT2D eigenvalue weighted by atomic mass is 35.5. The normalized spacial score (nSPS) is 11.6. The molecule has 2 amide bonds. The summed E-state index contributed by atoms with van der Waals surface area (Å²) in [4.78, 5) is 24.5. The highest BCUT2D eigenvalue weighted by molar-refractivity contribution is 7.15. The molecule has 3 aromatic rings. The average Bonchev–Trinajstić information content (AvgIpc) is 3.17. The van der Waals surface area contributed by atoms with Crippen LogP contribution >= 0.6 is 22.9 Å². The number of hydrogen-bond acceptors (Lipinski definition) is 5. The lowest BCUT2D eigenvalue weighted by Gasteiger charge is -2.11. The summed E-state index contributed by atoms with van der Waals surface area (Å²) < 4.78 is 0. The van der Waals surface area contributed by atoms with Gasteiger partial charge in [0.1, 0.15) is 0 Å². The van der Waals surface area contributed by atoms with E-state index in [-0.39, 0.29) is 21.8 Å². The molecule has 138 valence electrons. The Balaban J connectivity index is 1.58. The molecule has 0 radical (unpaired) electrons. The Morgan fingerprint density at radius 1 is 1.04 bits per heavy atom. The van der Waals surface area contributed by atoms with Gasteiger partial charge in [0.25, 0.3) is 11.8 Å². The number of carbonyl (C=O) groups excluding carboxylic acids is 2.